The van der Waals surface area contributed by atoms with Gasteiger partial charge in [0, 0.05) is 6.54 Å². The summed E-state index contributed by atoms with van der Waals surface area (Å²) in [6.45, 7) is 3.73. The molecule has 1 nitrogen and oxygen atoms in total. The van der Waals surface area contributed by atoms with E-state index in [4.69, 9.17) is 0 Å². The van der Waals surface area contributed by atoms with Crippen LogP contribution < -0.4 is 0 Å². The van der Waals surface area contributed by atoms with E-state index in [-0.39, 0.29) is 0 Å². The van der Waals surface area contributed by atoms with Crippen LogP contribution in [0, 0.1) is 6.42 Å². The van der Waals surface area contributed by atoms with Gasteiger partial charge in [-0.05, 0) is 44.3 Å². The Morgan fingerprint density at radius 3 is 2.71 bits per heavy atom. The van der Waals surface area contributed by atoms with E-state index in [1.54, 1.807) is 0 Å². The van der Waals surface area contributed by atoms with Gasteiger partial charge in [-0.2, -0.15) is 0 Å². The van der Waals surface area contributed by atoms with Gasteiger partial charge in [0.15, 0.2) is 0 Å². The number of likely N-dealkylation sites (tertiary alicyclic amines) is 1. The van der Waals surface area contributed by atoms with Crippen molar-refractivity contribution in [1.29, 1.82) is 0 Å². The standard InChI is InChI=1S/C13H18N/c1-2-7-13(8-3-1)9-6-12-14-10-4-5-11-14/h1-4,7-8H,5-6,9-12H2. The molecular formula is C13H18N. The molecule has 75 valence electrons. The summed E-state index contributed by atoms with van der Waals surface area (Å²) >= 11 is 0. The van der Waals surface area contributed by atoms with Gasteiger partial charge < -0.3 is 4.90 Å². The third-order valence-corrected chi connectivity index (χ3v) is 2.82. The van der Waals surface area contributed by atoms with Crippen molar-refractivity contribution in [2.24, 2.45) is 0 Å². The summed E-state index contributed by atoms with van der Waals surface area (Å²) < 4.78 is 0. The number of nitrogens with zero attached hydrogens (tertiary/aromatic N) is 1. The molecule has 0 bridgehead atoms. The highest BCUT2D eigenvalue weighted by atomic mass is 15.1. The molecule has 0 saturated carbocycles. The lowest BCUT2D eigenvalue weighted by Gasteiger charge is -2.13. The average molecular weight is 188 g/mol. The lowest BCUT2D eigenvalue weighted by molar-refractivity contribution is 0.339. The zero-order chi connectivity index (χ0) is 9.64. The maximum Gasteiger partial charge on any atom is 0.00133 e. The molecule has 0 N–H and O–H groups in total. The highest BCUT2D eigenvalue weighted by Crippen LogP contribution is 2.08. The molecular weight excluding hydrogens is 170 g/mol. The van der Waals surface area contributed by atoms with E-state index in [1.807, 2.05) is 0 Å². The van der Waals surface area contributed by atoms with Crippen molar-refractivity contribution in [2.45, 2.75) is 19.3 Å². The topological polar surface area (TPSA) is 3.24 Å². The maximum atomic E-state index is 2.53. The molecule has 1 fully saturated rings. The fourth-order valence-corrected chi connectivity index (χ4v) is 1.99. The van der Waals surface area contributed by atoms with E-state index in [0.717, 1.165) is 0 Å². The molecule has 0 atom stereocenters. The fourth-order valence-electron chi connectivity index (χ4n) is 1.99. The average Bonchev–Trinajstić information content (AvgIpc) is 2.72. The highest BCUT2D eigenvalue weighted by Gasteiger charge is 2.10. The molecule has 0 spiro atoms. The van der Waals surface area contributed by atoms with Crippen LogP contribution in [0.5, 0.6) is 0 Å². The van der Waals surface area contributed by atoms with Gasteiger partial charge in [-0.3, -0.25) is 0 Å². The lowest BCUT2D eigenvalue weighted by Crippen LogP contribution is -2.20. The Morgan fingerprint density at radius 2 is 2.00 bits per heavy atom. The Labute approximate surface area is 86.7 Å². The minimum atomic E-state index is 1.20. The van der Waals surface area contributed by atoms with Crippen LogP contribution in [0.4, 0.5) is 0 Å². The largest absolute Gasteiger partial charge is 0.303 e. The van der Waals surface area contributed by atoms with Crippen molar-refractivity contribution in [1.82, 2.24) is 4.90 Å². The zero-order valence-corrected chi connectivity index (χ0v) is 8.65. The van der Waals surface area contributed by atoms with Crippen molar-refractivity contribution in [3.05, 3.63) is 42.3 Å². The smallest absolute Gasteiger partial charge is 0.00133 e. The minimum Gasteiger partial charge on any atom is -0.303 e. The molecule has 1 heterocycles. The maximum absolute atomic E-state index is 2.53. The third-order valence-electron chi connectivity index (χ3n) is 2.82. The molecule has 1 aliphatic heterocycles. The van der Waals surface area contributed by atoms with Gasteiger partial charge >= 0.3 is 0 Å². The van der Waals surface area contributed by atoms with Crippen molar-refractivity contribution in [3.63, 3.8) is 0 Å². The first-order chi connectivity index (χ1) is 6.95. The fraction of sp³-hybridized carbons (Fsp3) is 0.462. The monoisotopic (exact) mass is 188 g/mol. The number of benzene rings is 1. The summed E-state index contributed by atoms with van der Waals surface area (Å²) in [7, 11) is 0. The number of hydrogen-bond acceptors (Lipinski definition) is 1. The molecule has 1 aromatic carbocycles. The Hall–Kier alpha value is -0.820. The van der Waals surface area contributed by atoms with Crippen LogP contribution in [0.25, 0.3) is 0 Å². The quantitative estimate of drug-likeness (QED) is 0.702. The Bertz CT molecular complexity index is 249. The second kappa shape index (κ2) is 5.16. The van der Waals surface area contributed by atoms with E-state index in [2.05, 4.69) is 41.7 Å². The number of hydrogen-bond donors (Lipinski definition) is 0. The molecule has 1 radical (unpaired) electrons. The lowest BCUT2D eigenvalue weighted by atomic mass is 10.1. The predicted octanol–water partition coefficient (Wildman–Crippen LogP) is 2.53. The van der Waals surface area contributed by atoms with E-state index < -0.39 is 0 Å². The summed E-state index contributed by atoms with van der Waals surface area (Å²) in [4.78, 5) is 2.53. The normalized spacial score (nSPS) is 17.4. The first kappa shape index (κ1) is 9.72. The SMILES string of the molecule is [CH]1CCN(CCCc2ccccc2)C1. The highest BCUT2D eigenvalue weighted by molar-refractivity contribution is 5.14. The van der Waals surface area contributed by atoms with E-state index >= 15 is 0 Å². The van der Waals surface area contributed by atoms with Gasteiger partial charge in [-0.1, -0.05) is 30.3 Å². The van der Waals surface area contributed by atoms with E-state index in [0.29, 0.717) is 0 Å². The van der Waals surface area contributed by atoms with E-state index in [1.165, 1.54) is 44.5 Å². The molecule has 14 heavy (non-hydrogen) atoms. The second-order valence-electron chi connectivity index (χ2n) is 3.97. The molecule has 0 aromatic heterocycles. The summed E-state index contributed by atoms with van der Waals surface area (Å²) in [5, 5.41) is 0. The third kappa shape index (κ3) is 2.85. The first-order valence-electron chi connectivity index (χ1n) is 5.53. The molecule has 0 aliphatic carbocycles. The zero-order valence-electron chi connectivity index (χ0n) is 8.65. The minimum absolute atomic E-state index is 1.20. The first-order valence-corrected chi connectivity index (χ1v) is 5.53. The summed E-state index contributed by atoms with van der Waals surface area (Å²) in [5.74, 6) is 0. The second-order valence-corrected chi connectivity index (χ2v) is 3.97. The molecule has 2 rings (SSSR count). The van der Waals surface area contributed by atoms with Crippen LogP contribution in [0.2, 0.25) is 0 Å². The molecule has 1 saturated heterocycles. The van der Waals surface area contributed by atoms with Crippen molar-refractivity contribution < 1.29 is 0 Å². The number of rotatable bonds is 4. The van der Waals surface area contributed by atoms with Crippen LogP contribution >= 0.6 is 0 Å². The van der Waals surface area contributed by atoms with Gasteiger partial charge in [-0.15, -0.1) is 0 Å². The van der Waals surface area contributed by atoms with Crippen LogP contribution in [-0.4, -0.2) is 24.5 Å². The Kier molecular flexibility index (Phi) is 3.58. The molecule has 1 heteroatoms. The molecule has 0 unspecified atom stereocenters. The van der Waals surface area contributed by atoms with Crippen molar-refractivity contribution >= 4 is 0 Å². The van der Waals surface area contributed by atoms with Gasteiger partial charge in [0.1, 0.15) is 0 Å². The summed E-state index contributed by atoms with van der Waals surface area (Å²) in [6, 6.07) is 10.8. The van der Waals surface area contributed by atoms with Crippen LogP contribution in [0.3, 0.4) is 0 Å². The predicted molar refractivity (Wildman–Crippen MR) is 60.1 cm³/mol. The van der Waals surface area contributed by atoms with Crippen LogP contribution in [0.15, 0.2) is 30.3 Å². The number of aryl methyl sites for hydroxylation is 1. The summed E-state index contributed by atoms with van der Waals surface area (Å²) in [5.41, 5.74) is 1.47. The van der Waals surface area contributed by atoms with Gasteiger partial charge in [0.05, 0.1) is 0 Å². The Balaban J connectivity index is 1.67. The van der Waals surface area contributed by atoms with Gasteiger partial charge in [0.25, 0.3) is 0 Å². The molecule has 1 aliphatic rings. The van der Waals surface area contributed by atoms with Gasteiger partial charge in [-0.25, -0.2) is 0 Å². The Morgan fingerprint density at radius 1 is 1.14 bits per heavy atom. The van der Waals surface area contributed by atoms with E-state index in [9.17, 15) is 0 Å². The van der Waals surface area contributed by atoms with Crippen LogP contribution in [0.1, 0.15) is 18.4 Å². The van der Waals surface area contributed by atoms with Gasteiger partial charge in [0.2, 0.25) is 0 Å². The van der Waals surface area contributed by atoms with Crippen molar-refractivity contribution in [2.75, 3.05) is 19.6 Å². The van der Waals surface area contributed by atoms with Crippen LogP contribution in [-0.2, 0) is 6.42 Å². The molecule has 1 aromatic rings. The summed E-state index contributed by atoms with van der Waals surface area (Å²) in [6.07, 6.45) is 6.17. The van der Waals surface area contributed by atoms with Crippen molar-refractivity contribution in [3.8, 4) is 0 Å². The molecule has 0 amide bonds.